The van der Waals surface area contributed by atoms with Gasteiger partial charge in [0.2, 0.25) is 5.91 Å². The van der Waals surface area contributed by atoms with Crippen molar-refractivity contribution < 1.29 is 14.7 Å². The van der Waals surface area contributed by atoms with Crippen LogP contribution in [-0.2, 0) is 4.79 Å². The Labute approximate surface area is 192 Å². The summed E-state index contributed by atoms with van der Waals surface area (Å²) >= 11 is 0. The molecule has 0 aliphatic carbocycles. The Morgan fingerprint density at radius 1 is 1.12 bits per heavy atom. The van der Waals surface area contributed by atoms with Gasteiger partial charge in [-0.05, 0) is 55.8 Å². The van der Waals surface area contributed by atoms with E-state index in [0.717, 1.165) is 50.0 Å². The van der Waals surface area contributed by atoms with Crippen LogP contribution in [0.5, 0.6) is 5.75 Å². The van der Waals surface area contributed by atoms with Crippen LogP contribution in [0, 0.1) is 5.41 Å². The van der Waals surface area contributed by atoms with Crippen molar-refractivity contribution in [3.05, 3.63) is 54.1 Å². The number of benzene rings is 2. The molecule has 0 atom stereocenters. The van der Waals surface area contributed by atoms with Gasteiger partial charge in [0.1, 0.15) is 12.4 Å². The van der Waals surface area contributed by atoms with Gasteiger partial charge < -0.3 is 15.0 Å². The maximum atomic E-state index is 11.2. The second-order valence-corrected chi connectivity index (χ2v) is 9.41. The Morgan fingerprint density at radius 3 is 2.62 bits per heavy atom. The van der Waals surface area contributed by atoms with E-state index in [0.29, 0.717) is 13.0 Å². The van der Waals surface area contributed by atoms with Gasteiger partial charge in [0.25, 0.3) is 0 Å². The minimum absolute atomic E-state index is 0.169. The number of nitrogens with one attached hydrogen (secondary N) is 2. The third kappa shape index (κ3) is 9.39. The number of rotatable bonds is 14. The second kappa shape index (κ2) is 13.2. The Bertz CT molecular complexity index is 872. The monoisotopic (exact) mass is 441 g/mol. The van der Waals surface area contributed by atoms with E-state index in [-0.39, 0.29) is 11.3 Å². The summed E-state index contributed by atoms with van der Waals surface area (Å²) < 4.78 is 6.23. The lowest BCUT2D eigenvalue weighted by atomic mass is 9.93. The minimum Gasteiger partial charge on any atom is -0.489 e. The molecule has 6 heteroatoms. The number of hydrogen-bond donors (Lipinski definition) is 3. The van der Waals surface area contributed by atoms with Crippen LogP contribution in [0.25, 0.3) is 10.8 Å². The number of carbonyl (C=O) groups excluding carboxylic acids is 1. The lowest BCUT2D eigenvalue weighted by molar-refractivity contribution is -0.129. The molecule has 2 rings (SSSR count). The number of fused-ring (bicyclic) bond motifs is 1. The molecule has 0 aromatic heterocycles. The number of allylic oxidation sites excluding steroid dienone is 1. The van der Waals surface area contributed by atoms with Crippen molar-refractivity contribution in [3.8, 4) is 5.75 Å². The molecular formula is C26H39N3O3. The molecule has 6 nitrogen and oxygen atoms in total. The number of carbonyl (C=O) groups is 1. The number of unbranched alkanes of at least 4 members (excludes halogenated alkanes) is 2. The van der Waals surface area contributed by atoms with Crippen molar-refractivity contribution in [1.82, 2.24) is 15.7 Å². The highest BCUT2D eigenvalue weighted by molar-refractivity contribution is 5.88. The van der Waals surface area contributed by atoms with Crippen LogP contribution >= 0.6 is 0 Å². The molecule has 0 saturated carbocycles. The van der Waals surface area contributed by atoms with E-state index in [1.165, 1.54) is 11.0 Å². The summed E-state index contributed by atoms with van der Waals surface area (Å²) in [5, 5.41) is 14.5. The van der Waals surface area contributed by atoms with Gasteiger partial charge in [-0.1, -0.05) is 56.3 Å². The van der Waals surface area contributed by atoms with Crippen LogP contribution in [0.1, 0.15) is 39.5 Å². The molecule has 3 N–H and O–H groups in total. The number of hydrogen-bond acceptors (Lipinski definition) is 5. The number of nitrogens with zero attached hydrogens (tertiary/aromatic N) is 1. The van der Waals surface area contributed by atoms with Crippen molar-refractivity contribution in [2.45, 2.75) is 39.5 Å². The summed E-state index contributed by atoms with van der Waals surface area (Å²) in [4.78, 5) is 13.4. The van der Waals surface area contributed by atoms with Crippen LogP contribution < -0.4 is 15.5 Å². The average Bonchev–Trinajstić information content (AvgIpc) is 2.75. The predicted octanol–water partition coefficient (Wildman–Crippen LogP) is 4.39. The fourth-order valence-electron chi connectivity index (χ4n) is 3.94. The van der Waals surface area contributed by atoms with Gasteiger partial charge in [0.15, 0.2) is 0 Å². The van der Waals surface area contributed by atoms with Gasteiger partial charge in [-0.3, -0.25) is 10.0 Å². The highest BCUT2D eigenvalue weighted by Crippen LogP contribution is 2.25. The summed E-state index contributed by atoms with van der Waals surface area (Å²) in [6, 6.07) is 14.4. The first kappa shape index (κ1) is 25.8. The van der Waals surface area contributed by atoms with Gasteiger partial charge in [-0.15, -0.1) is 0 Å². The fourth-order valence-corrected chi connectivity index (χ4v) is 3.94. The Hall–Kier alpha value is -2.41. The first-order chi connectivity index (χ1) is 15.3. The summed E-state index contributed by atoms with van der Waals surface area (Å²) in [5.41, 5.74) is 3.05. The summed E-state index contributed by atoms with van der Waals surface area (Å²) in [6.45, 7) is 7.74. The van der Waals surface area contributed by atoms with Crippen molar-refractivity contribution in [2.75, 3.05) is 40.3 Å². The predicted molar refractivity (Wildman–Crippen MR) is 131 cm³/mol. The van der Waals surface area contributed by atoms with Crippen LogP contribution in [0.2, 0.25) is 0 Å². The summed E-state index contributed by atoms with van der Waals surface area (Å²) in [5.74, 6) is 0.555. The third-order valence-corrected chi connectivity index (χ3v) is 5.28. The molecule has 0 spiro atoms. The quantitative estimate of drug-likeness (QED) is 0.176. The largest absolute Gasteiger partial charge is 0.489 e. The SMILES string of the molecule is CN(C)CC(C)(C)CNC/C(=C\CCCCC(=O)NO)COc1cccc2ccccc12. The molecule has 32 heavy (non-hydrogen) atoms. The van der Waals surface area contributed by atoms with Gasteiger partial charge in [0, 0.05) is 31.4 Å². The lowest BCUT2D eigenvalue weighted by Gasteiger charge is -2.28. The van der Waals surface area contributed by atoms with E-state index < -0.39 is 0 Å². The van der Waals surface area contributed by atoms with Crippen molar-refractivity contribution in [2.24, 2.45) is 5.41 Å². The molecule has 176 valence electrons. The third-order valence-electron chi connectivity index (χ3n) is 5.28. The standard InChI is InChI=1S/C26H39N3O3/c1-26(2,20-29(3)4)19-27-17-21(11-6-5-7-16-25(30)28-31)18-32-24-15-10-13-22-12-8-9-14-23(22)24/h8-15,27,31H,5-7,16-20H2,1-4H3,(H,28,30)/b21-11+. The van der Waals surface area contributed by atoms with E-state index >= 15 is 0 Å². The van der Waals surface area contributed by atoms with E-state index in [2.05, 4.69) is 62.4 Å². The van der Waals surface area contributed by atoms with Gasteiger partial charge in [0.05, 0.1) is 0 Å². The van der Waals surface area contributed by atoms with Crippen LogP contribution in [0.15, 0.2) is 54.1 Å². The van der Waals surface area contributed by atoms with Crippen molar-refractivity contribution in [3.63, 3.8) is 0 Å². The molecule has 0 aliphatic heterocycles. The maximum Gasteiger partial charge on any atom is 0.243 e. The molecule has 0 unspecified atom stereocenters. The summed E-state index contributed by atoms with van der Waals surface area (Å²) in [6.07, 6.45) is 5.05. The first-order valence-corrected chi connectivity index (χ1v) is 11.4. The molecule has 0 fully saturated rings. The van der Waals surface area contributed by atoms with Gasteiger partial charge in [-0.2, -0.15) is 0 Å². The van der Waals surface area contributed by atoms with Crippen LogP contribution in [0.3, 0.4) is 0 Å². The highest BCUT2D eigenvalue weighted by atomic mass is 16.5. The van der Waals surface area contributed by atoms with Gasteiger partial charge in [-0.25, -0.2) is 5.48 Å². The topological polar surface area (TPSA) is 73.8 Å². The van der Waals surface area contributed by atoms with Gasteiger partial charge >= 0.3 is 0 Å². The zero-order valence-electron chi connectivity index (χ0n) is 20.0. The average molecular weight is 442 g/mol. The summed E-state index contributed by atoms with van der Waals surface area (Å²) in [7, 11) is 4.20. The van der Waals surface area contributed by atoms with E-state index in [9.17, 15) is 4.79 Å². The molecule has 1 amide bonds. The highest BCUT2D eigenvalue weighted by Gasteiger charge is 2.18. The fraction of sp³-hybridized carbons (Fsp3) is 0.500. The zero-order valence-corrected chi connectivity index (χ0v) is 20.0. The normalized spacial score (nSPS) is 12.4. The molecular weight excluding hydrogens is 402 g/mol. The van der Waals surface area contributed by atoms with E-state index in [1.807, 2.05) is 24.3 Å². The number of amides is 1. The minimum atomic E-state index is -0.335. The van der Waals surface area contributed by atoms with Crippen LogP contribution in [-0.4, -0.2) is 56.4 Å². The van der Waals surface area contributed by atoms with Crippen LogP contribution in [0.4, 0.5) is 0 Å². The Morgan fingerprint density at radius 2 is 1.88 bits per heavy atom. The molecule has 0 aliphatic rings. The Balaban J connectivity index is 1.97. The van der Waals surface area contributed by atoms with Crippen molar-refractivity contribution >= 4 is 16.7 Å². The first-order valence-electron chi connectivity index (χ1n) is 11.4. The maximum absolute atomic E-state index is 11.2. The lowest BCUT2D eigenvalue weighted by Crippen LogP contribution is -2.38. The van der Waals surface area contributed by atoms with E-state index in [1.54, 1.807) is 5.48 Å². The second-order valence-electron chi connectivity index (χ2n) is 9.41. The molecule has 0 bridgehead atoms. The smallest absolute Gasteiger partial charge is 0.243 e. The molecule has 0 saturated heterocycles. The number of hydroxylamine groups is 1. The number of ether oxygens (including phenoxy) is 1. The van der Waals surface area contributed by atoms with Crippen molar-refractivity contribution in [1.29, 1.82) is 0 Å². The van der Waals surface area contributed by atoms with E-state index in [4.69, 9.17) is 9.94 Å². The molecule has 2 aromatic carbocycles. The molecule has 2 aromatic rings. The molecule has 0 heterocycles. The Kier molecular flexibility index (Phi) is 10.7. The molecule has 0 radical (unpaired) electrons. The zero-order chi connectivity index (χ0) is 23.4.